The Hall–Kier alpha value is -4.18. The lowest BCUT2D eigenvalue weighted by Crippen LogP contribution is -2.32. The summed E-state index contributed by atoms with van der Waals surface area (Å²) in [6.45, 7) is 0. The van der Waals surface area contributed by atoms with Crippen molar-refractivity contribution < 1.29 is 32.2 Å². The standard InChI is InChI=1S/C25H20F3N3O4/c26-25(27,28)23(22-18(10-11-34-22)16-4-2-1-3-5-16)35-21-13-20(30-14-31-21)17-8-6-15(7-9-17)12-19(29)24(32)33/h1-11,13-14,19,23H,12,29H2,(H,32,33)/t19-,23?/m0/s1. The molecule has 4 aromatic rings. The number of halogens is 3. The van der Waals surface area contributed by atoms with Gasteiger partial charge in [0.2, 0.25) is 5.88 Å². The predicted molar refractivity (Wildman–Crippen MR) is 120 cm³/mol. The van der Waals surface area contributed by atoms with Gasteiger partial charge < -0.3 is 20.0 Å². The normalized spacial score (nSPS) is 13.3. The second kappa shape index (κ2) is 9.98. The topological polar surface area (TPSA) is 111 Å². The molecular formula is C25H20F3N3O4. The summed E-state index contributed by atoms with van der Waals surface area (Å²) >= 11 is 0. The van der Waals surface area contributed by atoms with Gasteiger partial charge in [-0.1, -0.05) is 54.6 Å². The van der Waals surface area contributed by atoms with Gasteiger partial charge in [-0.2, -0.15) is 13.2 Å². The first-order valence-corrected chi connectivity index (χ1v) is 10.5. The molecule has 0 aliphatic carbocycles. The van der Waals surface area contributed by atoms with Gasteiger partial charge in [-0.3, -0.25) is 4.79 Å². The van der Waals surface area contributed by atoms with Gasteiger partial charge >= 0.3 is 12.1 Å². The smallest absolute Gasteiger partial charge is 0.432 e. The number of rotatable bonds is 8. The predicted octanol–water partition coefficient (Wildman–Crippen LogP) is 5.04. The highest BCUT2D eigenvalue weighted by Gasteiger charge is 2.46. The number of aromatic nitrogens is 2. The van der Waals surface area contributed by atoms with Crippen LogP contribution in [0.25, 0.3) is 22.4 Å². The van der Waals surface area contributed by atoms with Gasteiger partial charge in [-0.05, 0) is 23.6 Å². The summed E-state index contributed by atoms with van der Waals surface area (Å²) in [7, 11) is 0. The minimum Gasteiger partial charge on any atom is -0.480 e. The van der Waals surface area contributed by atoms with Crippen LogP contribution in [0.15, 0.2) is 83.7 Å². The molecule has 0 bridgehead atoms. The maximum absolute atomic E-state index is 14.0. The van der Waals surface area contributed by atoms with Gasteiger partial charge in [-0.15, -0.1) is 0 Å². The maximum atomic E-state index is 14.0. The van der Waals surface area contributed by atoms with Crippen molar-refractivity contribution in [2.45, 2.75) is 24.7 Å². The molecular weight excluding hydrogens is 463 g/mol. The van der Waals surface area contributed by atoms with E-state index < -0.39 is 24.3 Å². The van der Waals surface area contributed by atoms with Gasteiger partial charge in [0.15, 0.2) is 5.76 Å². The van der Waals surface area contributed by atoms with Crippen molar-refractivity contribution in [3.8, 4) is 28.3 Å². The number of ether oxygens (including phenoxy) is 1. The number of carboxylic acid groups (broad SMARTS) is 1. The van der Waals surface area contributed by atoms with E-state index in [4.69, 9.17) is 20.0 Å². The quantitative estimate of drug-likeness (QED) is 0.361. The highest BCUT2D eigenvalue weighted by Crippen LogP contribution is 2.41. The highest BCUT2D eigenvalue weighted by molar-refractivity contribution is 5.73. The van der Waals surface area contributed by atoms with Crippen LogP contribution in [0.4, 0.5) is 13.2 Å². The number of hydrogen-bond acceptors (Lipinski definition) is 6. The number of nitrogens with zero attached hydrogens (tertiary/aromatic N) is 2. The molecule has 0 amide bonds. The molecule has 3 N–H and O–H groups in total. The molecule has 1 unspecified atom stereocenters. The van der Waals surface area contributed by atoms with Crippen LogP contribution in [0.3, 0.4) is 0 Å². The number of benzene rings is 2. The second-order valence-corrected chi connectivity index (χ2v) is 7.69. The highest BCUT2D eigenvalue weighted by atomic mass is 19.4. The van der Waals surface area contributed by atoms with Gasteiger partial charge in [0.25, 0.3) is 6.10 Å². The first-order chi connectivity index (χ1) is 16.7. The lowest BCUT2D eigenvalue weighted by Gasteiger charge is -2.21. The molecule has 0 spiro atoms. The lowest BCUT2D eigenvalue weighted by atomic mass is 10.0. The molecule has 180 valence electrons. The van der Waals surface area contributed by atoms with Crippen LogP contribution in [0.1, 0.15) is 17.4 Å². The van der Waals surface area contributed by atoms with E-state index in [0.29, 0.717) is 22.4 Å². The number of aliphatic carboxylic acids is 1. The zero-order valence-electron chi connectivity index (χ0n) is 18.1. The van der Waals surface area contributed by atoms with E-state index >= 15 is 0 Å². The molecule has 0 fully saturated rings. The van der Waals surface area contributed by atoms with E-state index in [2.05, 4.69) is 9.97 Å². The van der Waals surface area contributed by atoms with Crippen LogP contribution in [0.2, 0.25) is 0 Å². The maximum Gasteiger partial charge on any atom is 0.432 e. The second-order valence-electron chi connectivity index (χ2n) is 7.69. The molecule has 0 aliphatic heterocycles. The van der Waals surface area contributed by atoms with E-state index in [1.165, 1.54) is 18.4 Å². The molecule has 35 heavy (non-hydrogen) atoms. The van der Waals surface area contributed by atoms with Gasteiger partial charge in [-0.25, -0.2) is 9.97 Å². The molecule has 0 radical (unpaired) electrons. The molecule has 2 atom stereocenters. The Morgan fingerprint density at radius 3 is 2.40 bits per heavy atom. The minimum absolute atomic E-state index is 0.133. The number of nitrogens with two attached hydrogens (primary N) is 1. The fourth-order valence-corrected chi connectivity index (χ4v) is 3.48. The molecule has 4 rings (SSSR count). The Kier molecular flexibility index (Phi) is 6.83. The third-order valence-corrected chi connectivity index (χ3v) is 5.22. The van der Waals surface area contributed by atoms with Crippen LogP contribution in [-0.2, 0) is 11.2 Å². The first-order valence-electron chi connectivity index (χ1n) is 10.5. The average molecular weight is 483 g/mol. The third kappa shape index (κ3) is 5.67. The van der Waals surface area contributed by atoms with Crippen molar-refractivity contribution in [1.29, 1.82) is 0 Å². The van der Waals surface area contributed by atoms with Crippen LogP contribution in [0, 0.1) is 0 Å². The van der Waals surface area contributed by atoms with Gasteiger partial charge in [0.05, 0.1) is 12.0 Å². The minimum atomic E-state index is -4.78. The van der Waals surface area contributed by atoms with Gasteiger partial charge in [0.1, 0.15) is 12.4 Å². The van der Waals surface area contributed by atoms with Gasteiger partial charge in [0, 0.05) is 17.2 Å². The largest absolute Gasteiger partial charge is 0.480 e. The van der Waals surface area contributed by atoms with Crippen molar-refractivity contribution in [3.05, 3.63) is 90.6 Å². The molecule has 0 aliphatic rings. The zero-order valence-corrected chi connectivity index (χ0v) is 18.1. The summed E-state index contributed by atoms with van der Waals surface area (Å²) in [5.74, 6) is -1.79. The molecule has 2 aromatic heterocycles. The van der Waals surface area contributed by atoms with E-state index in [1.807, 2.05) is 0 Å². The summed E-state index contributed by atoms with van der Waals surface area (Å²) in [5.41, 5.74) is 7.97. The number of carbonyl (C=O) groups is 1. The van der Waals surface area contributed by atoms with Crippen molar-refractivity contribution in [1.82, 2.24) is 9.97 Å². The van der Waals surface area contributed by atoms with E-state index in [0.717, 1.165) is 6.33 Å². The molecule has 0 saturated carbocycles. The zero-order chi connectivity index (χ0) is 25.0. The monoisotopic (exact) mass is 483 g/mol. The summed E-state index contributed by atoms with van der Waals surface area (Å²) in [6.07, 6.45) is -4.75. The SMILES string of the molecule is N[C@@H](Cc1ccc(-c2cc(OC(c3occc3-c3ccccc3)C(F)(F)F)ncn2)cc1)C(=O)O. The van der Waals surface area contributed by atoms with E-state index in [-0.39, 0.29) is 23.6 Å². The average Bonchev–Trinajstić information content (AvgIpc) is 3.32. The van der Waals surface area contributed by atoms with Crippen LogP contribution in [-0.4, -0.2) is 33.3 Å². The van der Waals surface area contributed by atoms with Crippen molar-refractivity contribution in [2.75, 3.05) is 0 Å². The molecule has 2 aromatic carbocycles. The molecule has 0 saturated heterocycles. The Morgan fingerprint density at radius 2 is 1.74 bits per heavy atom. The van der Waals surface area contributed by atoms with E-state index in [9.17, 15) is 18.0 Å². The Balaban J connectivity index is 1.59. The Labute approximate surface area is 198 Å². The summed E-state index contributed by atoms with van der Waals surface area (Å²) < 4.78 is 52.6. The molecule has 7 nitrogen and oxygen atoms in total. The lowest BCUT2D eigenvalue weighted by molar-refractivity contribution is -0.203. The van der Waals surface area contributed by atoms with Crippen LogP contribution < -0.4 is 10.5 Å². The Morgan fingerprint density at radius 1 is 1.03 bits per heavy atom. The van der Waals surface area contributed by atoms with Crippen LogP contribution in [0.5, 0.6) is 5.88 Å². The summed E-state index contributed by atoms with van der Waals surface area (Å²) in [6, 6.07) is 16.9. The fourth-order valence-electron chi connectivity index (χ4n) is 3.48. The van der Waals surface area contributed by atoms with Crippen LogP contribution >= 0.6 is 0 Å². The fraction of sp³-hybridized carbons (Fsp3) is 0.160. The molecule has 2 heterocycles. The van der Waals surface area contributed by atoms with Crippen molar-refractivity contribution in [3.63, 3.8) is 0 Å². The number of hydrogen-bond donors (Lipinski definition) is 2. The van der Waals surface area contributed by atoms with E-state index in [1.54, 1.807) is 54.6 Å². The number of furan rings is 1. The number of carboxylic acids is 1. The molecule has 10 heteroatoms. The van der Waals surface area contributed by atoms with Crippen molar-refractivity contribution >= 4 is 5.97 Å². The number of alkyl halides is 3. The summed E-state index contributed by atoms with van der Waals surface area (Å²) in [5, 5.41) is 8.94. The van der Waals surface area contributed by atoms with Crippen molar-refractivity contribution in [2.24, 2.45) is 5.73 Å². The first kappa shape index (κ1) is 24.0. The summed E-state index contributed by atoms with van der Waals surface area (Å²) in [4.78, 5) is 18.9. The Bertz CT molecular complexity index is 1290. The third-order valence-electron chi connectivity index (χ3n) is 5.22.